The van der Waals surface area contributed by atoms with Crippen LogP contribution in [0.1, 0.15) is 36.5 Å². The van der Waals surface area contributed by atoms with E-state index < -0.39 is 17.4 Å². The minimum Gasteiger partial charge on any atom is -0.467 e. The molecule has 5 heteroatoms. The van der Waals surface area contributed by atoms with Crippen molar-refractivity contribution in [1.82, 2.24) is 5.32 Å². The summed E-state index contributed by atoms with van der Waals surface area (Å²) in [5, 5.41) is 11.9. The molecule has 0 saturated carbocycles. The highest BCUT2D eigenvalue weighted by Crippen LogP contribution is 2.42. The zero-order chi connectivity index (χ0) is 23.7. The lowest BCUT2D eigenvalue weighted by Crippen LogP contribution is -2.48. The molecular weight excluding hydrogens is 412 g/mol. The van der Waals surface area contributed by atoms with Gasteiger partial charge in [-0.1, -0.05) is 97.9 Å². The normalized spacial score (nSPS) is 12.8. The van der Waals surface area contributed by atoms with Gasteiger partial charge in [0.1, 0.15) is 6.04 Å². The molecule has 0 spiro atoms. The molecule has 3 aromatic carbocycles. The number of nitriles is 1. The number of hydrogen-bond acceptors (Lipinski definition) is 4. The third-order valence-electron chi connectivity index (χ3n) is 5.98. The van der Waals surface area contributed by atoms with Crippen molar-refractivity contribution in [2.24, 2.45) is 5.92 Å². The highest BCUT2D eigenvalue weighted by molar-refractivity contribution is 5.86. The first-order chi connectivity index (χ1) is 16.0. The van der Waals surface area contributed by atoms with E-state index >= 15 is 0 Å². The van der Waals surface area contributed by atoms with Gasteiger partial charge in [-0.3, -0.25) is 4.79 Å². The summed E-state index contributed by atoms with van der Waals surface area (Å²) in [6.07, 6.45) is 0.207. The maximum atomic E-state index is 13.5. The van der Waals surface area contributed by atoms with Gasteiger partial charge < -0.3 is 10.1 Å². The number of esters is 1. The van der Waals surface area contributed by atoms with E-state index in [9.17, 15) is 9.59 Å². The van der Waals surface area contributed by atoms with E-state index in [1.165, 1.54) is 7.11 Å². The number of rotatable bonds is 9. The number of carbonyl (C=O) groups excluding carboxylic acids is 2. The van der Waals surface area contributed by atoms with Crippen LogP contribution < -0.4 is 5.32 Å². The van der Waals surface area contributed by atoms with Gasteiger partial charge >= 0.3 is 5.97 Å². The van der Waals surface area contributed by atoms with Gasteiger partial charge in [-0.2, -0.15) is 5.26 Å². The number of methoxy groups -OCH3 is 1. The molecule has 1 N–H and O–H groups in total. The average molecular weight is 441 g/mol. The molecule has 168 valence electrons. The quantitative estimate of drug-likeness (QED) is 0.389. The summed E-state index contributed by atoms with van der Waals surface area (Å²) < 4.78 is 4.90. The first-order valence-corrected chi connectivity index (χ1v) is 10.9. The van der Waals surface area contributed by atoms with Gasteiger partial charge in [0.25, 0.3) is 0 Å². The Labute approximate surface area is 195 Å². The number of nitrogens with zero attached hydrogens (tertiary/aromatic N) is 1. The fourth-order valence-corrected chi connectivity index (χ4v) is 4.26. The van der Waals surface area contributed by atoms with Crippen molar-refractivity contribution in [1.29, 1.82) is 5.26 Å². The molecule has 0 radical (unpaired) electrons. The molecule has 0 heterocycles. The summed E-state index contributed by atoms with van der Waals surface area (Å²) in [7, 11) is 1.28. The van der Waals surface area contributed by atoms with E-state index in [-0.39, 0.29) is 24.7 Å². The highest BCUT2D eigenvalue weighted by atomic mass is 16.5. The lowest BCUT2D eigenvalue weighted by atomic mass is 9.67. The Balaban J connectivity index is 2.09. The van der Waals surface area contributed by atoms with Gasteiger partial charge in [-0.05, 0) is 16.7 Å². The van der Waals surface area contributed by atoms with Crippen LogP contribution in [0.25, 0.3) is 0 Å². The minimum atomic E-state index is -0.901. The number of hydrogen-bond donors (Lipinski definition) is 1. The third-order valence-corrected chi connectivity index (χ3v) is 5.98. The largest absolute Gasteiger partial charge is 0.467 e. The summed E-state index contributed by atoms with van der Waals surface area (Å²) in [6.45, 7) is 1.75. The first-order valence-electron chi connectivity index (χ1n) is 10.9. The minimum absolute atomic E-state index is 0.0812. The second kappa shape index (κ2) is 11.1. The second-order valence-corrected chi connectivity index (χ2v) is 8.09. The van der Waals surface area contributed by atoms with E-state index in [0.717, 1.165) is 16.7 Å². The summed E-state index contributed by atoms with van der Waals surface area (Å²) in [4.78, 5) is 25.9. The van der Waals surface area contributed by atoms with Gasteiger partial charge in [-0.15, -0.1) is 0 Å². The molecule has 0 aromatic heterocycles. The lowest BCUT2D eigenvalue weighted by molar-refractivity contribution is -0.146. The van der Waals surface area contributed by atoms with Gasteiger partial charge in [0.15, 0.2) is 0 Å². The van der Waals surface area contributed by atoms with Crippen molar-refractivity contribution in [3.05, 3.63) is 108 Å². The smallest absolute Gasteiger partial charge is 0.328 e. The van der Waals surface area contributed by atoms with Crippen LogP contribution in [0.4, 0.5) is 0 Å². The molecule has 0 aliphatic heterocycles. The maximum Gasteiger partial charge on any atom is 0.328 e. The van der Waals surface area contributed by atoms with Crippen molar-refractivity contribution in [2.45, 2.75) is 31.2 Å². The number of benzene rings is 3. The molecule has 2 atom stereocenters. The van der Waals surface area contributed by atoms with Gasteiger partial charge in [-0.25, -0.2) is 4.79 Å². The third kappa shape index (κ3) is 5.30. The van der Waals surface area contributed by atoms with Crippen molar-refractivity contribution in [3.63, 3.8) is 0 Å². The SMILES string of the molecule is COC(=O)[C@@H](NC(=O)CC(c1ccccc1)(c1ccccc1)c1ccccc1)[C@@H](C)CC#N. The Morgan fingerprint density at radius 3 is 1.67 bits per heavy atom. The topological polar surface area (TPSA) is 79.2 Å². The van der Waals surface area contributed by atoms with Crippen LogP contribution in [-0.2, 0) is 19.7 Å². The molecule has 3 rings (SSSR count). The van der Waals surface area contributed by atoms with Crippen LogP contribution in [0.5, 0.6) is 0 Å². The molecule has 0 unspecified atom stereocenters. The Morgan fingerprint density at radius 1 is 0.879 bits per heavy atom. The molecule has 0 aliphatic carbocycles. The standard InChI is InChI=1S/C28H28N2O3/c1-21(18-19-29)26(27(32)33-2)30-25(31)20-28(22-12-6-3-7-13-22,23-14-8-4-9-15-23)24-16-10-5-11-17-24/h3-17,21,26H,18,20H2,1-2H3,(H,30,31)/t21-,26-/m0/s1. The predicted octanol–water partition coefficient (Wildman–Crippen LogP) is 4.62. The molecule has 0 saturated heterocycles. The van der Waals surface area contributed by atoms with Crippen molar-refractivity contribution >= 4 is 11.9 Å². The monoisotopic (exact) mass is 440 g/mol. The highest BCUT2D eigenvalue weighted by Gasteiger charge is 2.39. The molecule has 0 bridgehead atoms. The van der Waals surface area contributed by atoms with Crippen molar-refractivity contribution in [2.75, 3.05) is 7.11 Å². The molecule has 0 aliphatic rings. The molecule has 3 aromatic rings. The second-order valence-electron chi connectivity index (χ2n) is 8.09. The molecule has 33 heavy (non-hydrogen) atoms. The van der Waals surface area contributed by atoms with Crippen LogP contribution in [0.2, 0.25) is 0 Å². The fourth-order valence-electron chi connectivity index (χ4n) is 4.26. The Morgan fingerprint density at radius 2 is 1.30 bits per heavy atom. The van der Waals surface area contributed by atoms with Gasteiger partial charge in [0.05, 0.1) is 18.6 Å². The van der Waals surface area contributed by atoms with Gasteiger partial charge in [0, 0.05) is 18.8 Å². The zero-order valence-corrected chi connectivity index (χ0v) is 18.9. The summed E-state index contributed by atoms with van der Waals surface area (Å²) in [5.41, 5.74) is 2.14. The number of ether oxygens (including phenoxy) is 1. The van der Waals surface area contributed by atoms with E-state index in [0.29, 0.717) is 0 Å². The number of nitrogens with one attached hydrogen (secondary N) is 1. The van der Waals surface area contributed by atoms with Crippen LogP contribution in [0.3, 0.4) is 0 Å². The molecule has 0 fully saturated rings. The number of amides is 1. The lowest BCUT2D eigenvalue weighted by Gasteiger charge is -2.36. The zero-order valence-electron chi connectivity index (χ0n) is 18.9. The molecular formula is C28H28N2O3. The van der Waals surface area contributed by atoms with Crippen molar-refractivity contribution in [3.8, 4) is 6.07 Å². The van der Waals surface area contributed by atoms with E-state index in [4.69, 9.17) is 10.00 Å². The van der Waals surface area contributed by atoms with Crippen LogP contribution in [0, 0.1) is 17.2 Å². The molecule has 1 amide bonds. The van der Waals surface area contributed by atoms with E-state index in [1.54, 1.807) is 6.92 Å². The fraction of sp³-hybridized carbons (Fsp3) is 0.250. The van der Waals surface area contributed by atoms with E-state index in [2.05, 4.69) is 11.4 Å². The average Bonchev–Trinajstić information content (AvgIpc) is 2.87. The Hall–Kier alpha value is -3.91. The summed E-state index contributed by atoms with van der Waals surface area (Å²) in [5.74, 6) is -1.24. The van der Waals surface area contributed by atoms with Crippen LogP contribution in [-0.4, -0.2) is 25.0 Å². The van der Waals surface area contributed by atoms with E-state index in [1.807, 2.05) is 91.0 Å². The summed E-state index contributed by atoms with van der Waals surface area (Å²) >= 11 is 0. The number of carbonyl (C=O) groups is 2. The Bertz CT molecular complexity index is 996. The van der Waals surface area contributed by atoms with Crippen LogP contribution in [0.15, 0.2) is 91.0 Å². The summed E-state index contributed by atoms with van der Waals surface area (Å²) in [6, 6.07) is 30.9. The Kier molecular flexibility index (Phi) is 7.99. The predicted molar refractivity (Wildman–Crippen MR) is 127 cm³/mol. The van der Waals surface area contributed by atoms with Crippen molar-refractivity contribution < 1.29 is 14.3 Å². The van der Waals surface area contributed by atoms with Gasteiger partial charge in [0.2, 0.25) is 5.91 Å². The first kappa shape index (κ1) is 23.7. The van der Waals surface area contributed by atoms with Crippen LogP contribution >= 0.6 is 0 Å². The molecule has 5 nitrogen and oxygen atoms in total. The maximum absolute atomic E-state index is 13.5.